The molecule has 0 atom stereocenters. The third kappa shape index (κ3) is 6.36. The van der Waals surface area contributed by atoms with Crippen LogP contribution in [0.25, 0.3) is 0 Å². The Labute approximate surface area is 186 Å². The highest BCUT2D eigenvalue weighted by molar-refractivity contribution is 6.35. The fourth-order valence-corrected chi connectivity index (χ4v) is 3.46. The standard InChI is InChI=1S/C24H24Cl2FNO2/c1-2-29-24-13-17(15-28-12-11-18-5-3-4-6-22(18)27)7-10-23(24)30-16-19-8-9-20(25)14-21(19)26/h3-10,13-14,28H,2,11-12,15-16H2,1H3. The van der Waals surface area contributed by atoms with E-state index in [1.54, 1.807) is 18.2 Å². The van der Waals surface area contributed by atoms with Gasteiger partial charge in [-0.15, -0.1) is 0 Å². The van der Waals surface area contributed by atoms with Crippen molar-refractivity contribution in [2.45, 2.75) is 26.5 Å². The molecule has 3 rings (SSSR count). The Morgan fingerprint density at radius 2 is 1.73 bits per heavy atom. The Morgan fingerprint density at radius 1 is 0.900 bits per heavy atom. The van der Waals surface area contributed by atoms with Gasteiger partial charge in [-0.25, -0.2) is 4.39 Å². The maximum Gasteiger partial charge on any atom is 0.161 e. The second-order valence-electron chi connectivity index (χ2n) is 6.76. The van der Waals surface area contributed by atoms with Gasteiger partial charge < -0.3 is 14.8 Å². The van der Waals surface area contributed by atoms with Gasteiger partial charge >= 0.3 is 0 Å². The molecule has 0 heterocycles. The molecule has 0 fully saturated rings. The predicted octanol–water partition coefficient (Wildman–Crippen LogP) is 6.44. The minimum absolute atomic E-state index is 0.166. The molecule has 0 aromatic heterocycles. The number of nitrogens with one attached hydrogen (secondary N) is 1. The van der Waals surface area contributed by atoms with Crippen LogP contribution >= 0.6 is 23.2 Å². The van der Waals surface area contributed by atoms with Crippen LogP contribution in [0.2, 0.25) is 10.0 Å². The molecule has 0 aliphatic heterocycles. The third-order valence-electron chi connectivity index (χ3n) is 4.56. The first-order valence-electron chi connectivity index (χ1n) is 9.83. The second kappa shape index (κ2) is 11.2. The average Bonchev–Trinajstić information content (AvgIpc) is 2.73. The van der Waals surface area contributed by atoms with E-state index in [0.29, 0.717) is 59.8 Å². The van der Waals surface area contributed by atoms with E-state index in [1.165, 1.54) is 6.07 Å². The van der Waals surface area contributed by atoms with Crippen LogP contribution in [0.4, 0.5) is 4.39 Å². The molecule has 0 aliphatic carbocycles. The Balaban J connectivity index is 1.58. The largest absolute Gasteiger partial charge is 0.490 e. The zero-order chi connectivity index (χ0) is 21.3. The van der Waals surface area contributed by atoms with E-state index in [9.17, 15) is 4.39 Å². The summed E-state index contributed by atoms with van der Waals surface area (Å²) in [6, 6.07) is 18.0. The molecule has 0 radical (unpaired) electrons. The van der Waals surface area contributed by atoms with Crippen molar-refractivity contribution in [3.05, 3.63) is 93.2 Å². The fourth-order valence-electron chi connectivity index (χ4n) is 3.00. The summed E-state index contributed by atoms with van der Waals surface area (Å²) in [6.07, 6.45) is 0.633. The quantitative estimate of drug-likeness (QED) is 0.362. The smallest absolute Gasteiger partial charge is 0.161 e. The summed E-state index contributed by atoms with van der Waals surface area (Å²) >= 11 is 12.2. The predicted molar refractivity (Wildman–Crippen MR) is 120 cm³/mol. The maximum atomic E-state index is 13.7. The molecule has 0 amide bonds. The average molecular weight is 448 g/mol. The summed E-state index contributed by atoms with van der Waals surface area (Å²) in [6.45, 7) is 4.10. The number of ether oxygens (including phenoxy) is 2. The normalized spacial score (nSPS) is 10.8. The molecule has 0 aliphatic rings. The summed E-state index contributed by atoms with van der Waals surface area (Å²) in [4.78, 5) is 0. The van der Waals surface area contributed by atoms with Crippen LogP contribution in [0, 0.1) is 5.82 Å². The van der Waals surface area contributed by atoms with Crippen molar-refractivity contribution in [3.8, 4) is 11.5 Å². The van der Waals surface area contributed by atoms with Gasteiger partial charge in [-0.2, -0.15) is 0 Å². The van der Waals surface area contributed by atoms with Crippen LogP contribution in [0.3, 0.4) is 0 Å². The molecule has 6 heteroatoms. The molecule has 3 aromatic rings. The van der Waals surface area contributed by atoms with Crippen LogP contribution < -0.4 is 14.8 Å². The highest BCUT2D eigenvalue weighted by Gasteiger charge is 2.09. The zero-order valence-corrected chi connectivity index (χ0v) is 18.3. The summed E-state index contributed by atoms with van der Waals surface area (Å²) < 4.78 is 25.4. The lowest BCUT2D eigenvalue weighted by atomic mass is 10.1. The van der Waals surface area contributed by atoms with Gasteiger partial charge in [-0.05, 0) is 61.3 Å². The van der Waals surface area contributed by atoms with Crippen molar-refractivity contribution in [1.82, 2.24) is 5.32 Å². The summed E-state index contributed by atoms with van der Waals surface area (Å²) in [7, 11) is 0. The van der Waals surface area contributed by atoms with E-state index in [1.807, 2.05) is 43.3 Å². The van der Waals surface area contributed by atoms with Gasteiger partial charge in [0.25, 0.3) is 0 Å². The Hall–Kier alpha value is -2.27. The van der Waals surface area contributed by atoms with E-state index < -0.39 is 0 Å². The molecule has 0 unspecified atom stereocenters. The first-order valence-corrected chi connectivity index (χ1v) is 10.6. The lowest BCUT2D eigenvalue weighted by Gasteiger charge is -2.14. The summed E-state index contributed by atoms with van der Waals surface area (Å²) in [5.74, 6) is 1.16. The molecule has 0 saturated carbocycles. The molecular weight excluding hydrogens is 424 g/mol. The molecule has 1 N–H and O–H groups in total. The molecule has 3 nitrogen and oxygen atoms in total. The van der Waals surface area contributed by atoms with Gasteiger partial charge in [-0.1, -0.05) is 53.5 Å². The number of rotatable bonds is 10. The van der Waals surface area contributed by atoms with E-state index in [4.69, 9.17) is 32.7 Å². The van der Waals surface area contributed by atoms with Gasteiger partial charge in [0.05, 0.1) is 6.61 Å². The summed E-state index contributed by atoms with van der Waals surface area (Å²) in [5, 5.41) is 4.50. The topological polar surface area (TPSA) is 30.5 Å². The molecule has 30 heavy (non-hydrogen) atoms. The lowest BCUT2D eigenvalue weighted by molar-refractivity contribution is 0.269. The lowest BCUT2D eigenvalue weighted by Crippen LogP contribution is -2.17. The van der Waals surface area contributed by atoms with Crippen molar-refractivity contribution >= 4 is 23.2 Å². The van der Waals surface area contributed by atoms with Crippen molar-refractivity contribution in [2.75, 3.05) is 13.2 Å². The van der Waals surface area contributed by atoms with E-state index >= 15 is 0 Å². The Morgan fingerprint density at radius 3 is 2.50 bits per heavy atom. The monoisotopic (exact) mass is 447 g/mol. The van der Waals surface area contributed by atoms with Gasteiger partial charge in [0.1, 0.15) is 12.4 Å². The Kier molecular flexibility index (Phi) is 8.38. The van der Waals surface area contributed by atoms with Crippen molar-refractivity contribution < 1.29 is 13.9 Å². The molecule has 3 aromatic carbocycles. The molecular formula is C24H24Cl2FNO2. The fraction of sp³-hybridized carbons (Fsp3) is 0.250. The zero-order valence-electron chi connectivity index (χ0n) is 16.8. The highest BCUT2D eigenvalue weighted by atomic mass is 35.5. The SMILES string of the molecule is CCOc1cc(CNCCc2ccccc2F)ccc1OCc1ccc(Cl)cc1Cl. The molecule has 158 valence electrons. The number of halogens is 3. The van der Waals surface area contributed by atoms with Gasteiger partial charge in [0, 0.05) is 22.2 Å². The number of hydrogen-bond acceptors (Lipinski definition) is 3. The van der Waals surface area contributed by atoms with Crippen LogP contribution in [0.1, 0.15) is 23.6 Å². The third-order valence-corrected chi connectivity index (χ3v) is 5.15. The molecule has 0 saturated heterocycles. The minimum Gasteiger partial charge on any atom is -0.490 e. The van der Waals surface area contributed by atoms with Crippen LogP contribution in [-0.2, 0) is 19.6 Å². The van der Waals surface area contributed by atoms with E-state index in [-0.39, 0.29) is 5.82 Å². The van der Waals surface area contributed by atoms with Crippen molar-refractivity contribution in [1.29, 1.82) is 0 Å². The minimum atomic E-state index is -0.166. The number of hydrogen-bond donors (Lipinski definition) is 1. The van der Waals surface area contributed by atoms with Crippen molar-refractivity contribution in [3.63, 3.8) is 0 Å². The Bertz CT molecular complexity index is 981. The van der Waals surface area contributed by atoms with Crippen molar-refractivity contribution in [2.24, 2.45) is 0 Å². The summed E-state index contributed by atoms with van der Waals surface area (Å²) in [5.41, 5.74) is 2.62. The highest BCUT2D eigenvalue weighted by Crippen LogP contribution is 2.30. The first kappa shape index (κ1) is 22.4. The van der Waals surface area contributed by atoms with E-state index in [2.05, 4.69) is 5.32 Å². The maximum absolute atomic E-state index is 13.7. The van der Waals surface area contributed by atoms with Gasteiger partial charge in [0.15, 0.2) is 11.5 Å². The van der Waals surface area contributed by atoms with Crippen LogP contribution in [-0.4, -0.2) is 13.2 Å². The molecule has 0 spiro atoms. The van der Waals surface area contributed by atoms with E-state index in [0.717, 1.165) is 11.1 Å². The second-order valence-corrected chi connectivity index (χ2v) is 7.60. The first-order chi connectivity index (χ1) is 14.6. The molecule has 0 bridgehead atoms. The van der Waals surface area contributed by atoms with Crippen LogP contribution in [0.15, 0.2) is 60.7 Å². The van der Waals surface area contributed by atoms with Crippen LogP contribution in [0.5, 0.6) is 11.5 Å². The number of benzene rings is 3. The van der Waals surface area contributed by atoms with Gasteiger partial charge in [0.2, 0.25) is 0 Å². The van der Waals surface area contributed by atoms with Gasteiger partial charge in [-0.3, -0.25) is 0 Å².